The molecule has 6 heteroatoms. The van der Waals surface area contributed by atoms with E-state index in [0.717, 1.165) is 19.4 Å². The molecule has 1 aliphatic rings. The van der Waals surface area contributed by atoms with Crippen LogP contribution in [0.3, 0.4) is 0 Å². The van der Waals surface area contributed by atoms with Crippen molar-refractivity contribution in [2.24, 2.45) is 0 Å². The number of carbonyl (C=O) groups excluding carboxylic acids is 1. The third-order valence-corrected chi connectivity index (χ3v) is 3.12. The van der Waals surface area contributed by atoms with E-state index in [2.05, 4.69) is 0 Å². The summed E-state index contributed by atoms with van der Waals surface area (Å²) in [6, 6.07) is 6.89. The Balaban J connectivity index is 0.00000200. The highest BCUT2D eigenvalue weighted by Crippen LogP contribution is 2.21. The van der Waals surface area contributed by atoms with Gasteiger partial charge in [-0.25, -0.2) is 4.79 Å². The normalized spacial score (nSPS) is 18.4. The van der Waals surface area contributed by atoms with Gasteiger partial charge in [0.25, 0.3) is 0 Å². The summed E-state index contributed by atoms with van der Waals surface area (Å²) in [5.41, 5.74) is 0.509. The van der Waals surface area contributed by atoms with Gasteiger partial charge < -0.3 is 14.7 Å². The summed E-state index contributed by atoms with van der Waals surface area (Å²) in [5, 5.41) is 11.0. The van der Waals surface area contributed by atoms with Crippen molar-refractivity contribution in [3.63, 3.8) is 0 Å². The number of aliphatic hydroxyl groups excluding tert-OH is 1. The Morgan fingerprint density at radius 2 is 2.10 bits per heavy atom. The molecule has 0 saturated carbocycles. The summed E-state index contributed by atoms with van der Waals surface area (Å²) in [6.45, 7) is 3.05. The molecule has 2 rings (SSSR count). The average molecular weight is 302 g/mol. The van der Waals surface area contributed by atoms with Crippen LogP contribution in [0, 0.1) is 0 Å². The fourth-order valence-corrected chi connectivity index (χ4v) is 2.11. The summed E-state index contributed by atoms with van der Waals surface area (Å²) < 4.78 is 4.91. The SMILES string of the molecule is CCOC(=O)c1ccc(ON2CCCC2CO)cc1.Cl. The van der Waals surface area contributed by atoms with Gasteiger partial charge in [0.1, 0.15) is 5.75 Å². The van der Waals surface area contributed by atoms with E-state index in [-0.39, 0.29) is 31.0 Å². The van der Waals surface area contributed by atoms with E-state index in [1.807, 2.05) is 0 Å². The number of nitrogens with zero attached hydrogens (tertiary/aromatic N) is 1. The molecule has 1 aliphatic heterocycles. The molecule has 0 aromatic heterocycles. The number of carbonyl (C=O) groups is 1. The standard InChI is InChI=1S/C14H19NO4.ClH/c1-2-18-14(17)11-5-7-13(8-6-11)19-15-9-3-4-12(15)10-16;/h5-8,12,16H,2-4,9-10H2,1H3;1H. The van der Waals surface area contributed by atoms with E-state index in [1.165, 1.54) is 0 Å². The zero-order chi connectivity index (χ0) is 13.7. The molecule has 112 valence electrons. The van der Waals surface area contributed by atoms with Crippen molar-refractivity contribution >= 4 is 18.4 Å². The van der Waals surface area contributed by atoms with E-state index in [1.54, 1.807) is 36.3 Å². The van der Waals surface area contributed by atoms with Crippen LogP contribution < -0.4 is 4.84 Å². The van der Waals surface area contributed by atoms with Crippen molar-refractivity contribution in [2.75, 3.05) is 19.8 Å². The van der Waals surface area contributed by atoms with Gasteiger partial charge in [-0.2, -0.15) is 0 Å². The molecule has 20 heavy (non-hydrogen) atoms. The van der Waals surface area contributed by atoms with E-state index < -0.39 is 0 Å². The lowest BCUT2D eigenvalue weighted by molar-refractivity contribution is -0.0828. The molecule has 0 amide bonds. The van der Waals surface area contributed by atoms with Gasteiger partial charge in [-0.05, 0) is 44.0 Å². The highest BCUT2D eigenvalue weighted by atomic mass is 35.5. The largest absolute Gasteiger partial charge is 0.462 e. The second-order valence-electron chi connectivity index (χ2n) is 4.46. The molecule has 1 atom stereocenters. The third kappa shape index (κ3) is 4.10. The number of hydroxylamine groups is 2. The number of rotatable bonds is 5. The molecular formula is C14H20ClNO4. The van der Waals surface area contributed by atoms with Crippen LogP contribution in [-0.4, -0.2) is 41.9 Å². The summed E-state index contributed by atoms with van der Waals surface area (Å²) >= 11 is 0. The van der Waals surface area contributed by atoms with E-state index in [4.69, 9.17) is 9.57 Å². The maximum atomic E-state index is 11.5. The predicted octanol–water partition coefficient (Wildman–Crippen LogP) is 2.04. The Labute approximate surface area is 124 Å². The van der Waals surface area contributed by atoms with Crippen LogP contribution in [0.15, 0.2) is 24.3 Å². The lowest BCUT2D eigenvalue weighted by Gasteiger charge is -2.22. The first-order chi connectivity index (χ1) is 9.24. The van der Waals surface area contributed by atoms with Gasteiger partial charge in [0.15, 0.2) is 0 Å². The zero-order valence-corrected chi connectivity index (χ0v) is 12.3. The van der Waals surface area contributed by atoms with Crippen molar-refractivity contribution in [3.05, 3.63) is 29.8 Å². The monoisotopic (exact) mass is 301 g/mol. The summed E-state index contributed by atoms with van der Waals surface area (Å²) in [4.78, 5) is 17.2. The molecule has 0 aliphatic carbocycles. The maximum Gasteiger partial charge on any atom is 0.338 e. The van der Waals surface area contributed by atoms with Gasteiger partial charge in [-0.3, -0.25) is 0 Å². The average Bonchev–Trinajstić information content (AvgIpc) is 2.87. The summed E-state index contributed by atoms with van der Waals surface area (Å²) in [6.07, 6.45) is 1.96. The Bertz CT molecular complexity index is 424. The first-order valence-electron chi connectivity index (χ1n) is 6.57. The number of ether oxygens (including phenoxy) is 1. The molecule has 1 aromatic rings. The molecule has 1 heterocycles. The Hall–Kier alpha value is -1.30. The van der Waals surface area contributed by atoms with Crippen molar-refractivity contribution in [3.8, 4) is 5.75 Å². The van der Waals surface area contributed by atoms with Crippen LogP contribution in [0.5, 0.6) is 5.75 Å². The summed E-state index contributed by atoms with van der Waals surface area (Å²) in [7, 11) is 0. The number of esters is 1. The lowest BCUT2D eigenvalue weighted by Crippen LogP contribution is -2.35. The number of benzene rings is 1. The van der Waals surface area contributed by atoms with Gasteiger partial charge in [-0.15, -0.1) is 17.5 Å². The predicted molar refractivity (Wildman–Crippen MR) is 77.1 cm³/mol. The maximum absolute atomic E-state index is 11.5. The van der Waals surface area contributed by atoms with Crippen LogP contribution in [0.25, 0.3) is 0 Å². The first kappa shape index (κ1) is 16.8. The van der Waals surface area contributed by atoms with Crippen molar-refractivity contribution < 1.29 is 19.5 Å². The third-order valence-electron chi connectivity index (χ3n) is 3.12. The number of halogens is 1. The molecule has 1 unspecified atom stereocenters. The van der Waals surface area contributed by atoms with Gasteiger partial charge in [0, 0.05) is 6.54 Å². The van der Waals surface area contributed by atoms with Crippen LogP contribution in [0.2, 0.25) is 0 Å². The minimum absolute atomic E-state index is 0. The van der Waals surface area contributed by atoms with Crippen LogP contribution >= 0.6 is 12.4 Å². The van der Waals surface area contributed by atoms with E-state index in [0.29, 0.717) is 17.9 Å². The minimum Gasteiger partial charge on any atom is -0.462 e. The fourth-order valence-electron chi connectivity index (χ4n) is 2.11. The van der Waals surface area contributed by atoms with Crippen molar-refractivity contribution in [1.82, 2.24) is 5.06 Å². The van der Waals surface area contributed by atoms with E-state index in [9.17, 15) is 9.90 Å². The van der Waals surface area contributed by atoms with Crippen LogP contribution in [-0.2, 0) is 4.74 Å². The van der Waals surface area contributed by atoms with Crippen LogP contribution in [0.4, 0.5) is 0 Å². The molecule has 5 nitrogen and oxygen atoms in total. The minimum atomic E-state index is -0.330. The Morgan fingerprint density at radius 3 is 2.70 bits per heavy atom. The van der Waals surface area contributed by atoms with E-state index >= 15 is 0 Å². The van der Waals surface area contributed by atoms with Crippen molar-refractivity contribution in [2.45, 2.75) is 25.8 Å². The van der Waals surface area contributed by atoms with Gasteiger partial charge in [0.2, 0.25) is 0 Å². The topological polar surface area (TPSA) is 59.0 Å². The molecular weight excluding hydrogens is 282 g/mol. The highest BCUT2D eigenvalue weighted by Gasteiger charge is 2.25. The smallest absolute Gasteiger partial charge is 0.338 e. The molecule has 0 bridgehead atoms. The molecule has 1 saturated heterocycles. The Kier molecular flexibility index (Phi) is 6.78. The number of hydrogen-bond acceptors (Lipinski definition) is 5. The first-order valence-corrected chi connectivity index (χ1v) is 6.57. The van der Waals surface area contributed by atoms with Crippen molar-refractivity contribution in [1.29, 1.82) is 0 Å². The highest BCUT2D eigenvalue weighted by molar-refractivity contribution is 5.89. The molecule has 1 aromatic carbocycles. The zero-order valence-electron chi connectivity index (χ0n) is 11.4. The molecule has 1 N–H and O–H groups in total. The number of aliphatic hydroxyl groups is 1. The fraction of sp³-hybridized carbons (Fsp3) is 0.500. The lowest BCUT2D eigenvalue weighted by atomic mass is 10.2. The number of hydrogen-bond donors (Lipinski definition) is 1. The quantitative estimate of drug-likeness (QED) is 0.843. The molecule has 1 fully saturated rings. The molecule has 0 spiro atoms. The molecule has 0 radical (unpaired) electrons. The van der Waals surface area contributed by atoms with Gasteiger partial charge in [-0.1, -0.05) is 0 Å². The second kappa shape index (κ2) is 8.09. The van der Waals surface area contributed by atoms with Crippen LogP contribution in [0.1, 0.15) is 30.1 Å². The van der Waals surface area contributed by atoms with Gasteiger partial charge >= 0.3 is 5.97 Å². The van der Waals surface area contributed by atoms with Gasteiger partial charge in [0.05, 0.1) is 24.8 Å². The Morgan fingerprint density at radius 1 is 1.40 bits per heavy atom. The second-order valence-corrected chi connectivity index (χ2v) is 4.46. The summed E-state index contributed by atoms with van der Waals surface area (Å²) in [5.74, 6) is 0.330.